The zero-order valence-corrected chi connectivity index (χ0v) is 16.7. The van der Waals surface area contributed by atoms with E-state index in [9.17, 15) is 19.7 Å². The summed E-state index contributed by atoms with van der Waals surface area (Å²) < 4.78 is 0.803. The quantitative estimate of drug-likeness (QED) is 0.268. The number of non-ortho nitro benzene ring substituents is 1. The number of hydrazine groups is 1. The highest BCUT2D eigenvalue weighted by Gasteiger charge is 2.48. The second kappa shape index (κ2) is 7.47. The number of carbonyl (C=O) groups is 2. The third-order valence-corrected chi connectivity index (χ3v) is 5.86. The monoisotopic (exact) mass is 451 g/mol. The van der Waals surface area contributed by atoms with Gasteiger partial charge in [-0.2, -0.15) is 0 Å². The minimum atomic E-state index is -0.888. The number of halogens is 2. The van der Waals surface area contributed by atoms with Gasteiger partial charge in [-0.3, -0.25) is 20.2 Å². The van der Waals surface area contributed by atoms with Crippen LogP contribution < -0.4 is 10.7 Å². The third-order valence-electron chi connectivity index (χ3n) is 4.27. The molecule has 0 spiro atoms. The van der Waals surface area contributed by atoms with Crippen LogP contribution in [0, 0.1) is 10.1 Å². The van der Waals surface area contributed by atoms with Crippen molar-refractivity contribution < 1.29 is 14.5 Å². The fraction of sp³-hybridized carbons (Fsp3) is 0.118. The van der Waals surface area contributed by atoms with Crippen molar-refractivity contribution in [2.24, 2.45) is 0 Å². The summed E-state index contributed by atoms with van der Waals surface area (Å²) in [5.41, 5.74) is 3.60. The zero-order chi connectivity index (χ0) is 20.7. The van der Waals surface area contributed by atoms with Crippen molar-refractivity contribution in [3.8, 4) is 0 Å². The largest absolute Gasteiger partial charge is 0.339 e. The van der Waals surface area contributed by atoms with Crippen molar-refractivity contribution in [3.63, 3.8) is 0 Å². The van der Waals surface area contributed by atoms with E-state index in [2.05, 4.69) is 15.7 Å². The van der Waals surface area contributed by atoms with Crippen molar-refractivity contribution in [2.45, 2.75) is 11.4 Å². The van der Waals surface area contributed by atoms with E-state index in [1.54, 1.807) is 18.2 Å². The number of alkyl halides is 1. The van der Waals surface area contributed by atoms with Crippen LogP contribution in [0.5, 0.6) is 0 Å². The average molecular weight is 452 g/mol. The van der Waals surface area contributed by atoms with Crippen LogP contribution in [-0.4, -0.2) is 32.2 Å². The number of nitro benzene ring substituents is 1. The number of urea groups is 1. The molecular weight excluding hydrogens is 441 g/mol. The van der Waals surface area contributed by atoms with Gasteiger partial charge >= 0.3 is 6.03 Å². The number of anilines is 1. The molecule has 2 N–H and O–H groups in total. The number of β-lactam (4-membered cyclic amide) rings is 1. The number of hydrogen-bond donors (Lipinski definition) is 2. The number of nitro groups is 1. The molecule has 1 saturated heterocycles. The molecule has 0 bridgehead atoms. The number of amides is 3. The van der Waals surface area contributed by atoms with E-state index in [1.165, 1.54) is 35.6 Å². The summed E-state index contributed by atoms with van der Waals surface area (Å²) in [6, 6.07) is 9.46. The predicted octanol–water partition coefficient (Wildman–Crippen LogP) is 4.09. The van der Waals surface area contributed by atoms with Crippen LogP contribution >= 0.6 is 34.5 Å². The molecule has 0 aliphatic carbocycles. The van der Waals surface area contributed by atoms with Crippen molar-refractivity contribution in [2.75, 3.05) is 5.32 Å². The van der Waals surface area contributed by atoms with Crippen LogP contribution in [-0.2, 0) is 4.79 Å². The summed E-state index contributed by atoms with van der Waals surface area (Å²) in [4.78, 5) is 39.0. The molecule has 1 fully saturated rings. The molecule has 3 amide bonds. The Morgan fingerprint density at radius 3 is 2.66 bits per heavy atom. The number of rotatable bonds is 4. The number of nitrogens with zero attached hydrogens (tertiary/aromatic N) is 3. The van der Waals surface area contributed by atoms with Crippen molar-refractivity contribution in [1.29, 1.82) is 0 Å². The average Bonchev–Trinajstić information content (AvgIpc) is 3.08. The summed E-state index contributed by atoms with van der Waals surface area (Å²) in [5.74, 6) is -0.485. The summed E-state index contributed by atoms with van der Waals surface area (Å²) in [6.07, 6.45) is 0. The molecule has 2 aromatic carbocycles. The Balaban J connectivity index is 1.47. The Labute approximate surface area is 177 Å². The van der Waals surface area contributed by atoms with Crippen molar-refractivity contribution in [3.05, 3.63) is 63.2 Å². The van der Waals surface area contributed by atoms with Crippen LogP contribution in [0.25, 0.3) is 10.2 Å². The first-order valence-electron chi connectivity index (χ1n) is 8.19. The maximum Gasteiger partial charge on any atom is 0.339 e. The molecule has 0 saturated carbocycles. The zero-order valence-electron chi connectivity index (χ0n) is 14.3. The van der Waals surface area contributed by atoms with Crippen molar-refractivity contribution >= 4 is 67.5 Å². The molecule has 1 aromatic heterocycles. The maximum atomic E-state index is 12.3. The standard InChI is InChI=1S/C17H11Cl2N5O4S/c18-9-3-6-11-12(7-9)29-17(20-11)21-16(26)22-23-14(13(19)15(23)25)8-1-4-10(5-2-8)24(27)28/h1-7,13-14H,(H2,20,21,22,26). The molecule has 1 aliphatic heterocycles. The number of nitrogens with one attached hydrogen (secondary N) is 2. The lowest BCUT2D eigenvalue weighted by Crippen LogP contribution is -2.63. The van der Waals surface area contributed by atoms with Crippen molar-refractivity contribution in [1.82, 2.24) is 15.4 Å². The van der Waals surface area contributed by atoms with E-state index < -0.39 is 28.3 Å². The van der Waals surface area contributed by atoms with Crippen LogP contribution in [0.15, 0.2) is 42.5 Å². The number of fused-ring (bicyclic) bond motifs is 1. The first-order valence-corrected chi connectivity index (χ1v) is 9.82. The number of carbonyl (C=O) groups excluding carboxylic acids is 2. The molecule has 0 radical (unpaired) electrons. The van der Waals surface area contributed by atoms with Gasteiger partial charge in [-0.15, -0.1) is 11.6 Å². The van der Waals surface area contributed by atoms with Gasteiger partial charge < -0.3 is 0 Å². The minimum absolute atomic E-state index is 0.0845. The molecule has 1 aliphatic rings. The number of aromatic nitrogens is 1. The minimum Gasteiger partial charge on any atom is -0.282 e. The van der Waals surface area contributed by atoms with Gasteiger partial charge in [-0.1, -0.05) is 22.9 Å². The molecule has 9 nitrogen and oxygen atoms in total. The second-order valence-corrected chi connectivity index (χ2v) is 8.04. The molecule has 2 unspecified atom stereocenters. The molecule has 2 heterocycles. The van der Waals surface area contributed by atoms with E-state index in [0.29, 0.717) is 21.2 Å². The highest BCUT2D eigenvalue weighted by molar-refractivity contribution is 7.22. The van der Waals surface area contributed by atoms with Gasteiger partial charge in [0, 0.05) is 17.2 Å². The van der Waals surface area contributed by atoms with Gasteiger partial charge in [-0.05, 0) is 35.9 Å². The highest BCUT2D eigenvalue weighted by atomic mass is 35.5. The Kier molecular flexibility index (Phi) is 4.99. The van der Waals surface area contributed by atoms with E-state index in [-0.39, 0.29) is 5.69 Å². The molecule has 4 rings (SSSR count). The Bertz CT molecular complexity index is 1140. The van der Waals surface area contributed by atoms with E-state index >= 15 is 0 Å². The molecular formula is C17H11Cl2N5O4S. The Morgan fingerprint density at radius 1 is 1.24 bits per heavy atom. The fourth-order valence-electron chi connectivity index (χ4n) is 2.88. The smallest absolute Gasteiger partial charge is 0.282 e. The summed E-state index contributed by atoms with van der Waals surface area (Å²) in [5, 5.41) is 14.4. The first-order chi connectivity index (χ1) is 13.8. The lowest BCUT2D eigenvalue weighted by molar-refractivity contribution is -0.384. The maximum absolute atomic E-state index is 12.3. The topological polar surface area (TPSA) is 117 Å². The summed E-state index contributed by atoms with van der Waals surface area (Å²) in [6.45, 7) is 0. The van der Waals surface area contributed by atoms with Gasteiger partial charge in [0.25, 0.3) is 11.6 Å². The Hall–Kier alpha value is -2.95. The molecule has 29 heavy (non-hydrogen) atoms. The normalized spacial score (nSPS) is 18.4. The molecule has 2 atom stereocenters. The second-order valence-electron chi connectivity index (χ2n) is 6.10. The van der Waals surface area contributed by atoms with E-state index in [1.807, 2.05) is 0 Å². The van der Waals surface area contributed by atoms with Crippen LogP contribution in [0.3, 0.4) is 0 Å². The van der Waals surface area contributed by atoms with Crippen LogP contribution in [0.4, 0.5) is 15.6 Å². The SMILES string of the molecule is O=C(Nc1nc2ccc(Cl)cc2s1)NN1C(=O)C(Cl)C1c1ccc([N+](=O)[O-])cc1. The predicted molar refractivity (Wildman–Crippen MR) is 109 cm³/mol. The third kappa shape index (κ3) is 3.69. The van der Waals surface area contributed by atoms with Gasteiger partial charge in [-0.25, -0.2) is 20.2 Å². The van der Waals surface area contributed by atoms with Gasteiger partial charge in [0.05, 0.1) is 15.1 Å². The molecule has 148 valence electrons. The fourth-order valence-corrected chi connectivity index (χ4v) is 4.38. The van der Waals surface area contributed by atoms with Crippen LogP contribution in [0.2, 0.25) is 5.02 Å². The van der Waals surface area contributed by atoms with E-state index in [4.69, 9.17) is 23.2 Å². The lowest BCUT2D eigenvalue weighted by Gasteiger charge is -2.43. The van der Waals surface area contributed by atoms with Gasteiger partial charge in [0.2, 0.25) is 0 Å². The summed E-state index contributed by atoms with van der Waals surface area (Å²) >= 11 is 13.3. The first kappa shape index (κ1) is 19.4. The van der Waals surface area contributed by atoms with E-state index in [0.717, 1.165) is 9.71 Å². The number of benzene rings is 2. The highest BCUT2D eigenvalue weighted by Crippen LogP contribution is 2.37. The summed E-state index contributed by atoms with van der Waals surface area (Å²) in [7, 11) is 0. The number of thiazole rings is 1. The lowest BCUT2D eigenvalue weighted by atomic mass is 9.95. The molecule has 12 heteroatoms. The van der Waals surface area contributed by atoms with Gasteiger partial charge in [0.15, 0.2) is 5.13 Å². The molecule has 3 aromatic rings. The van der Waals surface area contributed by atoms with Gasteiger partial charge in [0.1, 0.15) is 11.4 Å². The van der Waals surface area contributed by atoms with Crippen LogP contribution in [0.1, 0.15) is 11.6 Å². The Morgan fingerprint density at radius 2 is 1.97 bits per heavy atom. The number of hydrogen-bond acceptors (Lipinski definition) is 6.